The van der Waals surface area contributed by atoms with Crippen LogP contribution < -0.4 is 10.2 Å². The van der Waals surface area contributed by atoms with Crippen LogP contribution in [-0.4, -0.2) is 61.8 Å². The van der Waals surface area contributed by atoms with Crippen molar-refractivity contribution in [3.8, 4) is 0 Å². The Labute approximate surface area is 180 Å². The fourth-order valence-electron chi connectivity index (χ4n) is 3.92. The van der Waals surface area contributed by atoms with Crippen LogP contribution in [0.15, 0.2) is 23.3 Å². The van der Waals surface area contributed by atoms with Crippen molar-refractivity contribution in [2.75, 3.05) is 50.8 Å². The van der Waals surface area contributed by atoms with Gasteiger partial charge in [-0.05, 0) is 45.2 Å². The maximum absolute atomic E-state index is 5.65. The van der Waals surface area contributed by atoms with Gasteiger partial charge < -0.3 is 19.9 Å². The summed E-state index contributed by atoms with van der Waals surface area (Å²) in [5.41, 5.74) is 1.50. The minimum absolute atomic E-state index is 0. The molecule has 152 valence electrons. The van der Waals surface area contributed by atoms with Gasteiger partial charge in [0, 0.05) is 50.9 Å². The van der Waals surface area contributed by atoms with Crippen molar-refractivity contribution in [2.45, 2.75) is 40.2 Å². The normalized spacial score (nSPS) is 22.2. The van der Waals surface area contributed by atoms with Gasteiger partial charge in [-0.3, -0.25) is 0 Å². The summed E-state index contributed by atoms with van der Waals surface area (Å²) in [6, 6.07) is 4.25. The van der Waals surface area contributed by atoms with Crippen molar-refractivity contribution in [1.29, 1.82) is 0 Å². The molecule has 1 unspecified atom stereocenters. The van der Waals surface area contributed by atoms with Gasteiger partial charge in [0.1, 0.15) is 5.82 Å². The zero-order valence-corrected chi connectivity index (χ0v) is 19.2. The number of ether oxygens (including phenoxy) is 1. The maximum Gasteiger partial charge on any atom is 0.194 e. The first-order chi connectivity index (χ1) is 12.7. The number of anilines is 1. The van der Waals surface area contributed by atoms with E-state index >= 15 is 0 Å². The van der Waals surface area contributed by atoms with Crippen molar-refractivity contribution in [2.24, 2.45) is 10.4 Å². The zero-order chi connectivity index (χ0) is 18.4. The molecule has 2 aliphatic rings. The third kappa shape index (κ3) is 5.47. The van der Waals surface area contributed by atoms with Crippen LogP contribution in [0.25, 0.3) is 0 Å². The first kappa shape index (κ1) is 22.2. The van der Waals surface area contributed by atoms with Crippen LogP contribution in [0.3, 0.4) is 0 Å². The largest absolute Gasteiger partial charge is 0.381 e. The number of nitrogens with zero attached hydrogens (tertiary/aromatic N) is 4. The molecule has 0 aromatic carbocycles. The number of pyridine rings is 1. The summed E-state index contributed by atoms with van der Waals surface area (Å²) >= 11 is 0. The lowest BCUT2D eigenvalue weighted by Gasteiger charge is -2.25. The molecule has 27 heavy (non-hydrogen) atoms. The molecule has 1 atom stereocenters. The highest BCUT2D eigenvalue weighted by molar-refractivity contribution is 14.0. The number of guanidine groups is 1. The van der Waals surface area contributed by atoms with E-state index in [4.69, 9.17) is 9.73 Å². The molecule has 0 amide bonds. The first-order valence-electron chi connectivity index (χ1n) is 10.0. The Morgan fingerprint density at radius 3 is 2.70 bits per heavy atom. The molecule has 7 heteroatoms. The predicted octanol–water partition coefficient (Wildman–Crippen LogP) is 3.12. The lowest BCUT2D eigenvalue weighted by molar-refractivity contribution is 0.156. The highest BCUT2D eigenvalue weighted by Gasteiger charge is 2.42. The van der Waals surface area contributed by atoms with Crippen molar-refractivity contribution in [1.82, 2.24) is 15.2 Å². The van der Waals surface area contributed by atoms with Crippen LogP contribution >= 0.6 is 24.0 Å². The summed E-state index contributed by atoms with van der Waals surface area (Å²) in [4.78, 5) is 14.1. The Bertz CT molecular complexity index is 597. The molecule has 0 radical (unpaired) electrons. The van der Waals surface area contributed by atoms with Crippen LogP contribution in [0.4, 0.5) is 5.82 Å². The van der Waals surface area contributed by atoms with Crippen molar-refractivity contribution in [3.05, 3.63) is 23.9 Å². The Hall–Kier alpha value is -1.09. The van der Waals surface area contributed by atoms with Gasteiger partial charge in [-0.25, -0.2) is 9.98 Å². The molecular weight excluding hydrogens is 453 g/mol. The van der Waals surface area contributed by atoms with Gasteiger partial charge in [0.2, 0.25) is 0 Å². The van der Waals surface area contributed by atoms with E-state index in [-0.39, 0.29) is 24.0 Å². The Balaban J connectivity index is 0.00000261. The zero-order valence-electron chi connectivity index (χ0n) is 16.9. The third-order valence-electron chi connectivity index (χ3n) is 5.57. The smallest absolute Gasteiger partial charge is 0.194 e. The number of rotatable bonds is 6. The van der Waals surface area contributed by atoms with Crippen molar-refractivity contribution < 1.29 is 4.74 Å². The molecule has 1 aromatic heterocycles. The van der Waals surface area contributed by atoms with E-state index in [2.05, 4.69) is 53.0 Å². The quantitative estimate of drug-likeness (QED) is 0.380. The molecule has 0 aliphatic carbocycles. The Kier molecular flexibility index (Phi) is 8.60. The predicted molar refractivity (Wildman–Crippen MR) is 122 cm³/mol. The molecule has 0 bridgehead atoms. The monoisotopic (exact) mass is 487 g/mol. The van der Waals surface area contributed by atoms with E-state index in [1.54, 1.807) is 0 Å². The fourth-order valence-corrected chi connectivity index (χ4v) is 3.92. The number of aliphatic imine (C=N–C) groups is 1. The van der Waals surface area contributed by atoms with Crippen LogP contribution in [0.5, 0.6) is 0 Å². The molecule has 6 nitrogen and oxygen atoms in total. The number of hydrogen-bond donors (Lipinski definition) is 1. The molecule has 1 spiro atoms. The van der Waals surface area contributed by atoms with Gasteiger partial charge in [-0.1, -0.05) is 6.07 Å². The molecular formula is C20H34IN5O. The van der Waals surface area contributed by atoms with Crippen molar-refractivity contribution >= 4 is 35.8 Å². The molecule has 3 rings (SSSR count). The molecule has 1 aromatic rings. The summed E-state index contributed by atoms with van der Waals surface area (Å²) in [6.45, 7) is 13.9. The standard InChI is InChI=1S/C20H33N5O.HI/c1-4-21-19(25-11-9-20(15-25)10-12-26-16-20)23-14-17-7-8-18(22-13-17)24(5-2)6-3;/h7-8,13H,4-6,9-12,14-16H2,1-3H3,(H,21,23);1H. The van der Waals surface area contributed by atoms with E-state index in [0.29, 0.717) is 12.0 Å². The summed E-state index contributed by atoms with van der Waals surface area (Å²) in [6.07, 6.45) is 4.34. The lowest BCUT2D eigenvalue weighted by atomic mass is 9.87. The molecule has 1 N–H and O–H groups in total. The number of aromatic nitrogens is 1. The highest BCUT2D eigenvalue weighted by Crippen LogP contribution is 2.38. The van der Waals surface area contributed by atoms with Crippen molar-refractivity contribution in [3.63, 3.8) is 0 Å². The molecule has 2 fully saturated rings. The van der Waals surface area contributed by atoms with E-state index in [0.717, 1.165) is 63.3 Å². The van der Waals surface area contributed by atoms with Gasteiger partial charge in [-0.15, -0.1) is 24.0 Å². The van der Waals surface area contributed by atoms with Crippen LogP contribution in [0.1, 0.15) is 39.2 Å². The van der Waals surface area contributed by atoms with Gasteiger partial charge >= 0.3 is 0 Å². The average molecular weight is 487 g/mol. The van der Waals surface area contributed by atoms with Gasteiger partial charge in [0.25, 0.3) is 0 Å². The number of nitrogens with one attached hydrogen (secondary N) is 1. The topological polar surface area (TPSA) is 53.0 Å². The highest BCUT2D eigenvalue weighted by atomic mass is 127. The van der Waals surface area contributed by atoms with Gasteiger partial charge in [-0.2, -0.15) is 0 Å². The van der Waals surface area contributed by atoms with Gasteiger partial charge in [0.05, 0.1) is 13.2 Å². The van der Waals surface area contributed by atoms with E-state index in [9.17, 15) is 0 Å². The molecule has 3 heterocycles. The second-order valence-corrected chi connectivity index (χ2v) is 7.34. The molecule has 2 aliphatic heterocycles. The van der Waals surface area contributed by atoms with Crippen LogP contribution in [-0.2, 0) is 11.3 Å². The van der Waals surface area contributed by atoms with Crippen LogP contribution in [0.2, 0.25) is 0 Å². The van der Waals surface area contributed by atoms with Crippen LogP contribution in [0, 0.1) is 5.41 Å². The van der Waals surface area contributed by atoms with E-state index in [1.807, 2.05) is 6.20 Å². The van der Waals surface area contributed by atoms with E-state index < -0.39 is 0 Å². The molecule has 2 saturated heterocycles. The first-order valence-corrected chi connectivity index (χ1v) is 10.0. The number of likely N-dealkylation sites (tertiary alicyclic amines) is 1. The minimum Gasteiger partial charge on any atom is -0.381 e. The minimum atomic E-state index is 0. The second-order valence-electron chi connectivity index (χ2n) is 7.34. The SMILES string of the molecule is CCNC(=NCc1ccc(N(CC)CC)nc1)N1CCC2(CCOC2)C1.I. The number of halogens is 1. The summed E-state index contributed by atoms with van der Waals surface area (Å²) < 4.78 is 5.65. The fraction of sp³-hybridized carbons (Fsp3) is 0.700. The Morgan fingerprint density at radius 2 is 2.11 bits per heavy atom. The summed E-state index contributed by atoms with van der Waals surface area (Å²) in [5, 5.41) is 3.46. The maximum atomic E-state index is 5.65. The van der Waals surface area contributed by atoms with Gasteiger partial charge in [0.15, 0.2) is 5.96 Å². The second kappa shape index (κ2) is 10.5. The summed E-state index contributed by atoms with van der Waals surface area (Å²) in [7, 11) is 0. The Morgan fingerprint density at radius 1 is 1.30 bits per heavy atom. The third-order valence-corrected chi connectivity index (χ3v) is 5.57. The lowest BCUT2D eigenvalue weighted by Crippen LogP contribution is -2.41. The van der Waals surface area contributed by atoms with E-state index in [1.165, 1.54) is 12.8 Å². The summed E-state index contributed by atoms with van der Waals surface area (Å²) in [5.74, 6) is 2.06. The number of hydrogen-bond acceptors (Lipinski definition) is 4. The molecule has 0 saturated carbocycles. The average Bonchev–Trinajstić information content (AvgIpc) is 3.31.